The number of aryl methyl sites for hydroxylation is 1. The van der Waals surface area contributed by atoms with Gasteiger partial charge in [0.25, 0.3) is 0 Å². The van der Waals surface area contributed by atoms with Crippen LogP contribution in [0, 0.1) is 0 Å². The van der Waals surface area contributed by atoms with E-state index in [0.29, 0.717) is 24.6 Å². The van der Waals surface area contributed by atoms with Crippen molar-refractivity contribution in [2.45, 2.75) is 31.7 Å². The molecule has 2 aromatic rings. The molecule has 0 spiro atoms. The van der Waals surface area contributed by atoms with Crippen molar-refractivity contribution >= 4 is 15.7 Å². The molecular formula is C15H18N4O4S. The minimum absolute atomic E-state index is 0.0154. The zero-order valence-electron chi connectivity index (χ0n) is 13.2. The predicted molar refractivity (Wildman–Crippen MR) is 85.7 cm³/mol. The van der Waals surface area contributed by atoms with Gasteiger partial charge in [-0.15, -0.1) is 0 Å². The van der Waals surface area contributed by atoms with Crippen molar-refractivity contribution in [3.05, 3.63) is 30.4 Å². The summed E-state index contributed by atoms with van der Waals surface area (Å²) in [5, 5.41) is 6.68. The summed E-state index contributed by atoms with van der Waals surface area (Å²) in [4.78, 5) is 20.2. The Balaban J connectivity index is 1.55. The molecule has 0 unspecified atom stereocenters. The van der Waals surface area contributed by atoms with E-state index in [1.165, 1.54) is 0 Å². The van der Waals surface area contributed by atoms with E-state index in [1.807, 2.05) is 0 Å². The molecule has 1 amide bonds. The van der Waals surface area contributed by atoms with E-state index in [2.05, 4.69) is 20.4 Å². The van der Waals surface area contributed by atoms with Gasteiger partial charge >= 0.3 is 0 Å². The minimum Gasteiger partial charge on any atom is -0.350 e. The number of aromatic nitrogens is 3. The molecule has 1 N–H and O–H groups in total. The van der Waals surface area contributed by atoms with E-state index in [9.17, 15) is 13.2 Å². The molecule has 0 aliphatic carbocycles. The number of carbonyl (C=O) groups is 1. The summed E-state index contributed by atoms with van der Waals surface area (Å²) in [5.74, 6) is 0.683. The first-order chi connectivity index (χ1) is 11.4. The molecule has 1 atom stereocenters. The second-order valence-electron chi connectivity index (χ2n) is 6.20. The molecule has 0 radical (unpaired) electrons. The Bertz CT molecular complexity index is 834. The van der Waals surface area contributed by atoms with Crippen molar-refractivity contribution in [2.24, 2.45) is 0 Å². The smallest absolute Gasteiger partial charge is 0.227 e. The van der Waals surface area contributed by atoms with Crippen LogP contribution in [0.3, 0.4) is 0 Å². The van der Waals surface area contributed by atoms with Crippen LogP contribution in [-0.4, -0.2) is 46.5 Å². The standard InChI is InChI=1S/C15H18N4O4S/c1-15(6-9-24(21,22)10-15)18-12(20)2-3-13-17-14(19-23-13)11-4-7-16-8-5-11/h4-5,7-8H,2-3,6,9-10H2,1H3,(H,18,20)/t15-/m0/s1. The van der Waals surface area contributed by atoms with E-state index in [1.54, 1.807) is 31.5 Å². The largest absolute Gasteiger partial charge is 0.350 e. The number of carbonyl (C=O) groups excluding carboxylic acids is 1. The molecule has 2 aromatic heterocycles. The quantitative estimate of drug-likeness (QED) is 0.846. The van der Waals surface area contributed by atoms with E-state index < -0.39 is 15.4 Å². The maximum atomic E-state index is 12.1. The van der Waals surface area contributed by atoms with Crippen molar-refractivity contribution in [3.8, 4) is 11.4 Å². The van der Waals surface area contributed by atoms with Crippen molar-refractivity contribution < 1.29 is 17.7 Å². The van der Waals surface area contributed by atoms with Crippen LogP contribution in [0.5, 0.6) is 0 Å². The number of nitrogens with one attached hydrogen (secondary N) is 1. The lowest BCUT2D eigenvalue weighted by Gasteiger charge is -2.23. The summed E-state index contributed by atoms with van der Waals surface area (Å²) < 4.78 is 28.3. The van der Waals surface area contributed by atoms with Crippen LogP contribution in [0.15, 0.2) is 29.0 Å². The SMILES string of the molecule is C[C@]1(NC(=O)CCc2nc(-c3ccncc3)no2)CCS(=O)(=O)C1. The normalized spacial score (nSPS) is 22.4. The zero-order valence-corrected chi connectivity index (χ0v) is 14.0. The summed E-state index contributed by atoms with van der Waals surface area (Å²) in [6.07, 6.45) is 4.17. The van der Waals surface area contributed by atoms with Crippen LogP contribution in [0.2, 0.25) is 0 Å². The third-order valence-corrected chi connectivity index (χ3v) is 5.82. The first-order valence-electron chi connectivity index (χ1n) is 7.60. The molecule has 1 aliphatic rings. The van der Waals surface area contributed by atoms with Crippen molar-refractivity contribution in [3.63, 3.8) is 0 Å². The van der Waals surface area contributed by atoms with Crippen LogP contribution in [0.25, 0.3) is 11.4 Å². The Kier molecular flexibility index (Phi) is 4.35. The number of amides is 1. The topological polar surface area (TPSA) is 115 Å². The Morgan fingerprint density at radius 2 is 2.12 bits per heavy atom. The Labute approximate surface area is 139 Å². The lowest BCUT2D eigenvalue weighted by Crippen LogP contribution is -2.47. The minimum atomic E-state index is -3.05. The number of hydrogen-bond acceptors (Lipinski definition) is 7. The summed E-state index contributed by atoms with van der Waals surface area (Å²) in [5.41, 5.74) is 0.0978. The number of nitrogens with zero attached hydrogens (tertiary/aromatic N) is 3. The molecule has 3 heterocycles. The van der Waals surface area contributed by atoms with Crippen LogP contribution in [-0.2, 0) is 21.1 Å². The lowest BCUT2D eigenvalue weighted by atomic mass is 10.0. The molecule has 1 aliphatic heterocycles. The summed E-state index contributed by atoms with van der Waals surface area (Å²) in [6, 6.07) is 3.53. The third-order valence-electron chi connectivity index (χ3n) is 3.92. The van der Waals surface area contributed by atoms with Crippen LogP contribution in [0.1, 0.15) is 25.7 Å². The molecule has 1 fully saturated rings. The number of hydrogen-bond donors (Lipinski definition) is 1. The van der Waals surface area contributed by atoms with Gasteiger partial charge in [-0.05, 0) is 25.5 Å². The maximum Gasteiger partial charge on any atom is 0.227 e. The molecule has 9 heteroatoms. The van der Waals surface area contributed by atoms with E-state index in [0.717, 1.165) is 5.56 Å². The molecule has 8 nitrogen and oxygen atoms in total. The number of sulfone groups is 1. The van der Waals surface area contributed by atoms with E-state index >= 15 is 0 Å². The van der Waals surface area contributed by atoms with E-state index in [4.69, 9.17) is 4.52 Å². The highest BCUT2D eigenvalue weighted by Gasteiger charge is 2.39. The van der Waals surface area contributed by atoms with Gasteiger partial charge in [0.2, 0.25) is 17.6 Å². The van der Waals surface area contributed by atoms with Gasteiger partial charge in [-0.3, -0.25) is 9.78 Å². The van der Waals surface area contributed by atoms with E-state index in [-0.39, 0.29) is 23.8 Å². The van der Waals surface area contributed by atoms with Crippen molar-refractivity contribution in [2.75, 3.05) is 11.5 Å². The van der Waals surface area contributed by atoms with Gasteiger partial charge in [-0.2, -0.15) is 4.98 Å². The van der Waals surface area contributed by atoms with Crippen LogP contribution >= 0.6 is 0 Å². The monoisotopic (exact) mass is 350 g/mol. The number of rotatable bonds is 5. The Hall–Kier alpha value is -2.29. The lowest BCUT2D eigenvalue weighted by molar-refractivity contribution is -0.122. The zero-order chi connectivity index (χ0) is 17.2. The van der Waals surface area contributed by atoms with Crippen LogP contribution in [0.4, 0.5) is 0 Å². The molecular weight excluding hydrogens is 332 g/mol. The predicted octanol–water partition coefficient (Wildman–Crippen LogP) is 0.758. The average molecular weight is 350 g/mol. The van der Waals surface area contributed by atoms with Gasteiger partial charge in [-0.1, -0.05) is 5.16 Å². The van der Waals surface area contributed by atoms with Crippen LogP contribution < -0.4 is 5.32 Å². The van der Waals surface area contributed by atoms with Gasteiger partial charge < -0.3 is 9.84 Å². The maximum absolute atomic E-state index is 12.1. The average Bonchev–Trinajstić information content (AvgIpc) is 3.10. The fourth-order valence-electron chi connectivity index (χ4n) is 2.70. The fourth-order valence-corrected chi connectivity index (χ4v) is 4.80. The van der Waals surface area contributed by atoms with Gasteiger partial charge in [0.1, 0.15) is 0 Å². The molecule has 128 valence electrons. The van der Waals surface area contributed by atoms with Gasteiger partial charge in [0.15, 0.2) is 9.84 Å². The molecule has 0 saturated carbocycles. The summed E-state index contributed by atoms with van der Waals surface area (Å²) >= 11 is 0. The first kappa shape index (κ1) is 16.6. The molecule has 24 heavy (non-hydrogen) atoms. The molecule has 0 bridgehead atoms. The Morgan fingerprint density at radius 1 is 1.38 bits per heavy atom. The second kappa shape index (κ2) is 6.31. The highest BCUT2D eigenvalue weighted by Crippen LogP contribution is 2.23. The summed E-state index contributed by atoms with van der Waals surface area (Å²) in [6.45, 7) is 1.75. The van der Waals surface area contributed by atoms with Crippen molar-refractivity contribution in [1.29, 1.82) is 0 Å². The highest BCUT2D eigenvalue weighted by atomic mass is 32.2. The summed E-state index contributed by atoms with van der Waals surface area (Å²) in [7, 11) is -3.05. The van der Waals surface area contributed by atoms with Gasteiger partial charge in [0, 0.05) is 30.8 Å². The Morgan fingerprint density at radius 3 is 2.79 bits per heavy atom. The van der Waals surface area contributed by atoms with Gasteiger partial charge in [0.05, 0.1) is 17.0 Å². The molecule has 3 rings (SSSR count). The first-order valence-corrected chi connectivity index (χ1v) is 9.42. The molecule has 1 saturated heterocycles. The molecule has 0 aromatic carbocycles. The van der Waals surface area contributed by atoms with Gasteiger partial charge in [-0.25, -0.2) is 8.42 Å². The second-order valence-corrected chi connectivity index (χ2v) is 8.38. The highest BCUT2D eigenvalue weighted by molar-refractivity contribution is 7.91. The third kappa shape index (κ3) is 3.97. The number of pyridine rings is 1. The van der Waals surface area contributed by atoms with Crippen molar-refractivity contribution in [1.82, 2.24) is 20.4 Å². The fraction of sp³-hybridized carbons (Fsp3) is 0.467.